The first-order valence-corrected chi connectivity index (χ1v) is 4.78. The maximum Gasteiger partial charge on any atom is 0.330 e. The molecule has 0 amide bonds. The minimum absolute atomic E-state index is 0.142. The van der Waals surface area contributed by atoms with E-state index < -0.39 is 0 Å². The van der Waals surface area contributed by atoms with Crippen molar-refractivity contribution in [2.45, 2.75) is 33.3 Å². The highest BCUT2D eigenvalue weighted by atomic mass is 16.5. The molecule has 0 N–H and O–H groups in total. The fourth-order valence-corrected chi connectivity index (χ4v) is 0.724. The molecule has 0 aromatic rings. The van der Waals surface area contributed by atoms with Crippen molar-refractivity contribution in [1.82, 2.24) is 0 Å². The third-order valence-electron chi connectivity index (χ3n) is 1.48. The van der Waals surface area contributed by atoms with Gasteiger partial charge in [0, 0.05) is 12.0 Å². The summed E-state index contributed by atoms with van der Waals surface area (Å²) < 4.78 is 10.4. The molecule has 0 aliphatic heterocycles. The third kappa shape index (κ3) is 7.80. The topological polar surface area (TPSA) is 35.5 Å². The van der Waals surface area contributed by atoms with Crippen LogP contribution in [0.15, 0.2) is 12.7 Å². The van der Waals surface area contributed by atoms with Crippen LogP contribution in [0.3, 0.4) is 0 Å². The Kier molecular flexibility index (Phi) is 5.46. The van der Waals surface area contributed by atoms with Gasteiger partial charge in [0.05, 0.1) is 18.8 Å². The summed E-state index contributed by atoms with van der Waals surface area (Å²) in [5.74, 6) is -0.175. The van der Waals surface area contributed by atoms with Crippen LogP contribution in [0.2, 0.25) is 0 Å². The molecule has 3 nitrogen and oxygen atoms in total. The van der Waals surface area contributed by atoms with E-state index >= 15 is 0 Å². The summed E-state index contributed by atoms with van der Waals surface area (Å²) in [7, 11) is 0. The Labute approximate surface area is 86.1 Å². The van der Waals surface area contributed by atoms with Gasteiger partial charge in [0.15, 0.2) is 0 Å². The van der Waals surface area contributed by atoms with Crippen LogP contribution in [-0.2, 0) is 14.3 Å². The zero-order valence-electron chi connectivity index (χ0n) is 9.50. The number of esters is 1. The van der Waals surface area contributed by atoms with Crippen molar-refractivity contribution in [3.63, 3.8) is 0 Å². The summed E-state index contributed by atoms with van der Waals surface area (Å²) in [6.07, 6.45) is 1.16. The minimum Gasteiger partial charge on any atom is -0.462 e. The molecule has 0 aliphatic rings. The first-order valence-electron chi connectivity index (χ1n) is 4.78. The van der Waals surface area contributed by atoms with Crippen molar-refractivity contribution >= 4 is 5.97 Å². The van der Waals surface area contributed by atoms with Crippen LogP contribution in [0.1, 0.15) is 27.7 Å². The Morgan fingerprint density at radius 1 is 1.43 bits per heavy atom. The second kappa shape index (κ2) is 5.81. The van der Waals surface area contributed by atoms with Gasteiger partial charge in [-0.15, -0.1) is 0 Å². The highest BCUT2D eigenvalue weighted by Crippen LogP contribution is 2.09. The third-order valence-corrected chi connectivity index (χ3v) is 1.48. The van der Waals surface area contributed by atoms with Gasteiger partial charge in [-0.05, 0) is 20.8 Å². The molecule has 1 atom stereocenters. The van der Waals surface area contributed by atoms with Crippen molar-refractivity contribution in [3.8, 4) is 0 Å². The normalized spacial score (nSPS) is 13.4. The molecule has 0 radical (unpaired) electrons. The van der Waals surface area contributed by atoms with Gasteiger partial charge in [-0.25, -0.2) is 4.79 Å². The molecule has 0 spiro atoms. The Bertz CT molecular complexity index is 191. The number of carbonyl (C=O) groups excluding carboxylic acids is 1. The Balaban J connectivity index is 3.61. The van der Waals surface area contributed by atoms with Gasteiger partial charge < -0.3 is 9.47 Å². The monoisotopic (exact) mass is 200 g/mol. The molecule has 0 aliphatic carbocycles. The average Bonchev–Trinajstić information content (AvgIpc) is 2.09. The van der Waals surface area contributed by atoms with Crippen molar-refractivity contribution in [2.24, 2.45) is 5.92 Å². The van der Waals surface area contributed by atoms with Crippen molar-refractivity contribution in [3.05, 3.63) is 12.7 Å². The van der Waals surface area contributed by atoms with Crippen molar-refractivity contribution < 1.29 is 14.3 Å². The molecule has 3 heteroatoms. The summed E-state index contributed by atoms with van der Waals surface area (Å²) in [5, 5.41) is 0. The van der Waals surface area contributed by atoms with E-state index in [-0.39, 0.29) is 17.5 Å². The molecule has 0 aromatic carbocycles. The van der Waals surface area contributed by atoms with Gasteiger partial charge in [0.25, 0.3) is 0 Å². The Morgan fingerprint density at radius 2 is 2.00 bits per heavy atom. The maximum absolute atomic E-state index is 10.7. The lowest BCUT2D eigenvalue weighted by Gasteiger charge is -2.22. The van der Waals surface area contributed by atoms with Crippen LogP contribution in [0, 0.1) is 5.92 Å². The quantitative estimate of drug-likeness (QED) is 0.504. The summed E-state index contributed by atoms with van der Waals surface area (Å²) in [4.78, 5) is 10.7. The highest BCUT2D eigenvalue weighted by molar-refractivity contribution is 5.81. The molecule has 0 rings (SSSR count). The predicted octanol–water partition coefficient (Wildman–Crippen LogP) is 2.17. The fourth-order valence-electron chi connectivity index (χ4n) is 0.724. The number of hydrogen-bond acceptors (Lipinski definition) is 3. The van der Waals surface area contributed by atoms with Gasteiger partial charge in [0.2, 0.25) is 0 Å². The molecule has 1 unspecified atom stereocenters. The zero-order chi connectivity index (χ0) is 11.2. The van der Waals surface area contributed by atoms with Crippen LogP contribution in [0.25, 0.3) is 0 Å². The van der Waals surface area contributed by atoms with Crippen molar-refractivity contribution in [1.29, 1.82) is 0 Å². The van der Waals surface area contributed by atoms with Crippen LogP contribution in [-0.4, -0.2) is 24.8 Å². The molecule has 14 heavy (non-hydrogen) atoms. The zero-order valence-corrected chi connectivity index (χ0v) is 9.50. The highest BCUT2D eigenvalue weighted by Gasteiger charge is 2.13. The van der Waals surface area contributed by atoms with E-state index in [1.54, 1.807) is 0 Å². The lowest BCUT2D eigenvalue weighted by molar-refractivity contribution is -0.140. The van der Waals surface area contributed by atoms with E-state index in [1.165, 1.54) is 0 Å². The first-order chi connectivity index (χ1) is 6.35. The second-order valence-electron chi connectivity index (χ2n) is 4.36. The Hall–Kier alpha value is -0.830. The summed E-state index contributed by atoms with van der Waals surface area (Å²) in [6.45, 7) is 12.2. The molecular weight excluding hydrogens is 180 g/mol. The summed E-state index contributed by atoms with van der Waals surface area (Å²) in [5.41, 5.74) is -0.142. The lowest BCUT2D eigenvalue weighted by Crippen LogP contribution is -2.24. The van der Waals surface area contributed by atoms with Crippen LogP contribution in [0.4, 0.5) is 0 Å². The van der Waals surface area contributed by atoms with E-state index in [2.05, 4.69) is 6.58 Å². The largest absolute Gasteiger partial charge is 0.462 e. The number of rotatable bonds is 5. The lowest BCUT2D eigenvalue weighted by atomic mass is 10.1. The number of carbonyl (C=O) groups is 1. The van der Waals surface area contributed by atoms with E-state index in [1.807, 2.05) is 27.7 Å². The molecule has 0 fully saturated rings. The van der Waals surface area contributed by atoms with E-state index in [0.29, 0.717) is 13.2 Å². The van der Waals surface area contributed by atoms with Gasteiger partial charge in [-0.2, -0.15) is 0 Å². The summed E-state index contributed by atoms with van der Waals surface area (Å²) >= 11 is 0. The molecule has 0 saturated heterocycles. The van der Waals surface area contributed by atoms with Crippen LogP contribution in [0.5, 0.6) is 0 Å². The standard InChI is InChI=1S/C11H20O3/c1-6-10(12)13-7-9(2)8-14-11(3,4)5/h6,9H,1,7-8H2,2-5H3. The van der Waals surface area contributed by atoms with Crippen LogP contribution >= 0.6 is 0 Å². The first kappa shape index (κ1) is 13.2. The van der Waals surface area contributed by atoms with E-state index in [9.17, 15) is 4.79 Å². The van der Waals surface area contributed by atoms with Gasteiger partial charge in [-0.1, -0.05) is 13.5 Å². The SMILES string of the molecule is C=CC(=O)OCC(C)COC(C)(C)C. The van der Waals surface area contributed by atoms with Gasteiger partial charge in [0.1, 0.15) is 0 Å². The number of ether oxygens (including phenoxy) is 2. The van der Waals surface area contributed by atoms with E-state index in [4.69, 9.17) is 9.47 Å². The summed E-state index contributed by atoms with van der Waals surface area (Å²) in [6, 6.07) is 0. The van der Waals surface area contributed by atoms with Crippen molar-refractivity contribution in [2.75, 3.05) is 13.2 Å². The minimum atomic E-state index is -0.382. The molecule has 0 aromatic heterocycles. The fraction of sp³-hybridized carbons (Fsp3) is 0.727. The molecule has 0 bridgehead atoms. The Morgan fingerprint density at radius 3 is 2.43 bits per heavy atom. The van der Waals surface area contributed by atoms with Gasteiger partial charge in [-0.3, -0.25) is 0 Å². The van der Waals surface area contributed by atoms with Gasteiger partial charge >= 0.3 is 5.97 Å². The van der Waals surface area contributed by atoms with Crippen LogP contribution < -0.4 is 0 Å². The smallest absolute Gasteiger partial charge is 0.330 e. The molecule has 82 valence electrons. The molecular formula is C11H20O3. The maximum atomic E-state index is 10.7. The molecule has 0 saturated carbocycles. The predicted molar refractivity (Wildman–Crippen MR) is 56.0 cm³/mol. The molecule has 0 heterocycles. The second-order valence-corrected chi connectivity index (χ2v) is 4.36. The average molecular weight is 200 g/mol. The number of hydrogen-bond donors (Lipinski definition) is 0. The van der Waals surface area contributed by atoms with E-state index in [0.717, 1.165) is 6.08 Å².